The van der Waals surface area contributed by atoms with Crippen molar-refractivity contribution in [1.82, 2.24) is 9.71 Å². The number of amides is 1. The molecule has 1 aromatic carbocycles. The van der Waals surface area contributed by atoms with Gasteiger partial charge in [-0.05, 0) is 67.5 Å². The largest absolute Gasteiger partial charge is 0.324 e. The molecular formula is C19H20ClN3O3S. The molecule has 0 saturated carbocycles. The summed E-state index contributed by atoms with van der Waals surface area (Å²) in [6.45, 7) is 1.69. The van der Waals surface area contributed by atoms with E-state index in [9.17, 15) is 13.2 Å². The first kappa shape index (κ1) is 18.4. The van der Waals surface area contributed by atoms with Gasteiger partial charge in [0.15, 0.2) is 0 Å². The van der Waals surface area contributed by atoms with E-state index in [-0.39, 0.29) is 17.3 Å². The molecule has 0 bridgehead atoms. The molecule has 27 heavy (non-hydrogen) atoms. The van der Waals surface area contributed by atoms with Crippen molar-refractivity contribution in [3.8, 4) is 0 Å². The van der Waals surface area contributed by atoms with Crippen molar-refractivity contribution in [1.29, 1.82) is 0 Å². The van der Waals surface area contributed by atoms with Crippen LogP contribution in [0.2, 0.25) is 5.02 Å². The average Bonchev–Trinajstić information content (AvgIpc) is 2.65. The van der Waals surface area contributed by atoms with Gasteiger partial charge in [0.2, 0.25) is 15.9 Å². The van der Waals surface area contributed by atoms with E-state index in [1.54, 1.807) is 19.2 Å². The molecule has 1 amide bonds. The van der Waals surface area contributed by atoms with Gasteiger partial charge in [-0.15, -0.1) is 0 Å². The van der Waals surface area contributed by atoms with Gasteiger partial charge < -0.3 is 5.32 Å². The Kier molecular flexibility index (Phi) is 4.49. The highest BCUT2D eigenvalue weighted by atomic mass is 35.5. The number of halogens is 1. The first-order valence-corrected chi connectivity index (χ1v) is 10.7. The summed E-state index contributed by atoms with van der Waals surface area (Å²) in [6, 6.07) is 4.52. The van der Waals surface area contributed by atoms with E-state index in [0.29, 0.717) is 16.3 Å². The van der Waals surface area contributed by atoms with Crippen LogP contribution in [0.1, 0.15) is 36.5 Å². The van der Waals surface area contributed by atoms with Crippen LogP contribution < -0.4 is 10.0 Å². The first-order chi connectivity index (χ1) is 12.8. The second-order valence-corrected chi connectivity index (χ2v) is 9.45. The molecule has 4 rings (SSSR count). The highest BCUT2D eigenvalue weighted by Gasteiger charge is 2.44. The molecule has 0 spiro atoms. The molecule has 0 fully saturated rings. The molecule has 1 aliphatic heterocycles. The number of aryl methyl sites for hydroxylation is 1. The second kappa shape index (κ2) is 6.58. The Labute approximate surface area is 163 Å². The molecule has 6 nitrogen and oxygen atoms in total. The molecule has 2 N–H and O–H groups in total. The van der Waals surface area contributed by atoms with Crippen LogP contribution in [0.15, 0.2) is 35.5 Å². The van der Waals surface area contributed by atoms with E-state index in [4.69, 9.17) is 11.6 Å². The number of anilines is 1. The molecule has 1 aromatic heterocycles. The van der Waals surface area contributed by atoms with Gasteiger partial charge in [-0.25, -0.2) is 13.1 Å². The average molecular weight is 406 g/mol. The van der Waals surface area contributed by atoms with E-state index in [1.165, 1.54) is 12.1 Å². The van der Waals surface area contributed by atoms with Gasteiger partial charge >= 0.3 is 0 Å². The van der Waals surface area contributed by atoms with Crippen LogP contribution in [-0.4, -0.2) is 25.9 Å². The number of fused-ring (bicyclic) bond motifs is 2. The number of nitrogens with one attached hydrogen (secondary N) is 2. The number of hydrogen-bond donors (Lipinski definition) is 2. The van der Waals surface area contributed by atoms with Gasteiger partial charge in [0, 0.05) is 17.8 Å². The van der Waals surface area contributed by atoms with E-state index in [2.05, 4.69) is 15.0 Å². The normalized spacial score (nSPS) is 23.2. The quantitative estimate of drug-likeness (QED) is 0.804. The third kappa shape index (κ3) is 3.13. The maximum absolute atomic E-state index is 13.2. The summed E-state index contributed by atoms with van der Waals surface area (Å²) in [4.78, 5) is 17.6. The number of sulfonamides is 1. The maximum Gasteiger partial charge on any atom is 0.240 e. The van der Waals surface area contributed by atoms with Crippen molar-refractivity contribution in [2.24, 2.45) is 0 Å². The van der Waals surface area contributed by atoms with E-state index in [1.807, 2.05) is 6.20 Å². The van der Waals surface area contributed by atoms with Crippen molar-refractivity contribution < 1.29 is 13.2 Å². The number of benzene rings is 1. The third-order valence-electron chi connectivity index (χ3n) is 5.46. The zero-order valence-electron chi connectivity index (χ0n) is 14.9. The zero-order chi connectivity index (χ0) is 19.2. The standard InChI is InChI=1S/C19H20ClN3O3S/c1-19(11-22-27(25,26)17-7-6-13(20)8-15(17)19)18(24)23-16-10-21-9-12-4-2-3-5-14(12)16/h6-10,22H,2-5,11H2,1H3,(H,23,24)/t19-/m0/s1. The van der Waals surface area contributed by atoms with E-state index in [0.717, 1.165) is 36.8 Å². The molecule has 0 saturated heterocycles. The Balaban J connectivity index is 1.74. The minimum absolute atomic E-state index is 0.0308. The fraction of sp³-hybridized carbons (Fsp3) is 0.368. The van der Waals surface area contributed by atoms with Crippen LogP contribution >= 0.6 is 11.6 Å². The van der Waals surface area contributed by atoms with Crippen LogP contribution in [0, 0.1) is 0 Å². The van der Waals surface area contributed by atoms with Crippen molar-refractivity contribution in [2.75, 3.05) is 11.9 Å². The molecule has 1 aliphatic carbocycles. The smallest absolute Gasteiger partial charge is 0.240 e. The molecule has 2 heterocycles. The molecule has 2 aromatic rings. The van der Waals surface area contributed by atoms with Gasteiger partial charge in [0.1, 0.15) is 0 Å². The number of aromatic nitrogens is 1. The highest BCUT2D eigenvalue weighted by molar-refractivity contribution is 7.89. The lowest BCUT2D eigenvalue weighted by molar-refractivity contribution is -0.121. The first-order valence-electron chi connectivity index (χ1n) is 8.88. The fourth-order valence-electron chi connectivity index (χ4n) is 3.81. The number of carbonyl (C=O) groups is 1. The lowest BCUT2D eigenvalue weighted by atomic mass is 9.81. The molecular weight excluding hydrogens is 386 g/mol. The minimum Gasteiger partial charge on any atom is -0.324 e. The molecule has 2 aliphatic rings. The summed E-state index contributed by atoms with van der Waals surface area (Å²) in [5, 5.41) is 3.38. The van der Waals surface area contributed by atoms with Crippen LogP contribution in [0.25, 0.3) is 0 Å². The van der Waals surface area contributed by atoms with Crippen LogP contribution in [-0.2, 0) is 33.1 Å². The van der Waals surface area contributed by atoms with Crippen molar-refractivity contribution in [2.45, 2.75) is 42.9 Å². The SMILES string of the molecule is C[C@]1(C(=O)Nc2cncc3c2CCCC3)CNS(=O)(=O)c2ccc(Cl)cc21. The number of nitrogens with zero attached hydrogens (tertiary/aromatic N) is 1. The lowest BCUT2D eigenvalue weighted by Gasteiger charge is -2.35. The van der Waals surface area contributed by atoms with E-state index >= 15 is 0 Å². The molecule has 1 atom stereocenters. The maximum atomic E-state index is 13.2. The lowest BCUT2D eigenvalue weighted by Crippen LogP contribution is -2.51. The number of hydrogen-bond acceptors (Lipinski definition) is 4. The summed E-state index contributed by atoms with van der Waals surface area (Å²) in [5.41, 5.74) is 2.32. The molecule has 8 heteroatoms. The summed E-state index contributed by atoms with van der Waals surface area (Å²) < 4.78 is 27.2. The number of carbonyl (C=O) groups excluding carboxylic acids is 1. The zero-order valence-corrected chi connectivity index (χ0v) is 16.5. The molecule has 142 valence electrons. The Morgan fingerprint density at radius 3 is 2.85 bits per heavy atom. The Bertz CT molecular complexity index is 1040. The summed E-state index contributed by atoms with van der Waals surface area (Å²) in [6.07, 6.45) is 7.58. The number of rotatable bonds is 2. The third-order valence-corrected chi connectivity index (χ3v) is 7.15. The molecule has 0 radical (unpaired) electrons. The summed E-state index contributed by atoms with van der Waals surface area (Å²) in [7, 11) is -3.65. The summed E-state index contributed by atoms with van der Waals surface area (Å²) in [5.74, 6) is -0.283. The van der Waals surface area contributed by atoms with Crippen LogP contribution in [0.4, 0.5) is 5.69 Å². The van der Waals surface area contributed by atoms with Crippen molar-refractivity contribution in [3.05, 3.63) is 52.3 Å². The monoisotopic (exact) mass is 405 g/mol. The van der Waals surface area contributed by atoms with Gasteiger partial charge in [0.25, 0.3) is 0 Å². The Morgan fingerprint density at radius 2 is 2.04 bits per heavy atom. The van der Waals surface area contributed by atoms with Gasteiger partial charge in [-0.3, -0.25) is 9.78 Å². The Hall–Kier alpha value is -1.96. The molecule has 0 unspecified atom stereocenters. The summed E-state index contributed by atoms with van der Waals surface area (Å²) >= 11 is 6.10. The Morgan fingerprint density at radius 1 is 1.26 bits per heavy atom. The number of pyridine rings is 1. The highest BCUT2D eigenvalue weighted by Crippen LogP contribution is 2.37. The van der Waals surface area contributed by atoms with Crippen molar-refractivity contribution in [3.63, 3.8) is 0 Å². The van der Waals surface area contributed by atoms with Crippen molar-refractivity contribution >= 4 is 33.2 Å². The van der Waals surface area contributed by atoms with Gasteiger partial charge in [0.05, 0.1) is 22.2 Å². The van der Waals surface area contributed by atoms with Crippen LogP contribution in [0.3, 0.4) is 0 Å². The minimum atomic E-state index is -3.65. The van der Waals surface area contributed by atoms with Gasteiger partial charge in [-0.2, -0.15) is 0 Å². The van der Waals surface area contributed by atoms with Gasteiger partial charge in [-0.1, -0.05) is 11.6 Å². The fourth-order valence-corrected chi connectivity index (χ4v) is 5.44. The van der Waals surface area contributed by atoms with E-state index < -0.39 is 15.4 Å². The topological polar surface area (TPSA) is 88.2 Å². The van der Waals surface area contributed by atoms with Crippen LogP contribution in [0.5, 0.6) is 0 Å². The second-order valence-electron chi connectivity index (χ2n) is 7.28. The predicted octanol–water partition coefficient (Wildman–Crippen LogP) is 2.80. The predicted molar refractivity (Wildman–Crippen MR) is 104 cm³/mol.